The van der Waals surface area contributed by atoms with Gasteiger partial charge in [-0.15, -0.1) is 0 Å². The minimum absolute atomic E-state index is 0.120. The van der Waals surface area contributed by atoms with E-state index in [1.807, 2.05) is 6.07 Å². The molecule has 1 aromatic rings. The van der Waals surface area contributed by atoms with Crippen molar-refractivity contribution in [3.8, 4) is 0 Å². The van der Waals surface area contributed by atoms with E-state index in [1.165, 1.54) is 6.07 Å². The SMILES string of the molecule is NS(=O)(=O)c1cccc2c1CCCN2CC1CCS(=O)(=O)C1. The summed E-state index contributed by atoms with van der Waals surface area (Å²) in [6.07, 6.45) is 2.21. The number of fused-ring (bicyclic) bond motifs is 1. The Hall–Kier alpha value is -1.12. The van der Waals surface area contributed by atoms with Gasteiger partial charge < -0.3 is 4.90 Å². The van der Waals surface area contributed by atoms with Gasteiger partial charge in [0.15, 0.2) is 9.84 Å². The minimum atomic E-state index is -3.74. The number of hydrogen-bond donors (Lipinski definition) is 1. The molecule has 0 spiro atoms. The molecule has 6 nitrogen and oxygen atoms in total. The molecular formula is C14H20N2O4S2. The van der Waals surface area contributed by atoms with E-state index in [9.17, 15) is 16.8 Å². The summed E-state index contributed by atoms with van der Waals surface area (Å²) in [5, 5.41) is 5.30. The van der Waals surface area contributed by atoms with Gasteiger partial charge in [-0.1, -0.05) is 6.07 Å². The molecule has 0 bridgehead atoms. The molecule has 1 aromatic carbocycles. The summed E-state index contributed by atoms with van der Waals surface area (Å²) in [6.45, 7) is 1.47. The zero-order valence-corrected chi connectivity index (χ0v) is 13.9. The first kappa shape index (κ1) is 15.8. The molecule has 2 N–H and O–H groups in total. The number of nitrogens with two attached hydrogens (primary N) is 1. The van der Waals surface area contributed by atoms with Gasteiger partial charge >= 0.3 is 0 Å². The Morgan fingerprint density at radius 3 is 2.73 bits per heavy atom. The molecule has 22 heavy (non-hydrogen) atoms. The molecule has 2 heterocycles. The number of nitrogens with zero attached hydrogens (tertiary/aromatic N) is 1. The molecule has 3 rings (SSSR count). The van der Waals surface area contributed by atoms with Crippen molar-refractivity contribution < 1.29 is 16.8 Å². The molecule has 8 heteroatoms. The third-order valence-corrected chi connectivity index (χ3v) is 7.25. The van der Waals surface area contributed by atoms with Crippen molar-refractivity contribution in [2.45, 2.75) is 24.2 Å². The van der Waals surface area contributed by atoms with E-state index in [2.05, 4.69) is 4.90 Å². The highest BCUT2D eigenvalue weighted by Crippen LogP contribution is 2.33. The molecule has 1 fully saturated rings. The lowest BCUT2D eigenvalue weighted by Gasteiger charge is -2.33. The van der Waals surface area contributed by atoms with Gasteiger partial charge in [0.05, 0.1) is 16.4 Å². The van der Waals surface area contributed by atoms with E-state index < -0.39 is 19.9 Å². The summed E-state index contributed by atoms with van der Waals surface area (Å²) in [7, 11) is -6.63. The van der Waals surface area contributed by atoms with E-state index >= 15 is 0 Å². The van der Waals surface area contributed by atoms with Crippen LogP contribution in [0.1, 0.15) is 18.4 Å². The number of sulfone groups is 1. The van der Waals surface area contributed by atoms with Crippen LogP contribution < -0.4 is 10.0 Å². The Morgan fingerprint density at radius 2 is 2.09 bits per heavy atom. The molecule has 1 saturated heterocycles. The van der Waals surface area contributed by atoms with Crippen LogP contribution in [0.2, 0.25) is 0 Å². The van der Waals surface area contributed by atoms with Crippen LogP contribution in [0.4, 0.5) is 5.69 Å². The number of rotatable bonds is 3. The predicted molar refractivity (Wildman–Crippen MR) is 85.1 cm³/mol. The summed E-state index contributed by atoms with van der Waals surface area (Å²) in [6, 6.07) is 5.13. The van der Waals surface area contributed by atoms with E-state index in [0.717, 1.165) is 24.2 Å². The molecule has 0 amide bonds. The molecule has 0 aromatic heterocycles. The maximum atomic E-state index is 11.7. The zero-order chi connectivity index (χ0) is 16.0. The second kappa shape index (κ2) is 5.50. The van der Waals surface area contributed by atoms with Crippen molar-refractivity contribution in [3.05, 3.63) is 23.8 Å². The molecule has 0 saturated carbocycles. The molecule has 122 valence electrons. The average Bonchev–Trinajstić information content (AvgIpc) is 2.76. The summed E-state index contributed by atoms with van der Waals surface area (Å²) in [5.41, 5.74) is 1.64. The van der Waals surface area contributed by atoms with Crippen LogP contribution in [-0.2, 0) is 26.3 Å². The summed E-state index contributed by atoms with van der Waals surface area (Å²) in [5.74, 6) is 0.609. The van der Waals surface area contributed by atoms with Crippen molar-refractivity contribution in [3.63, 3.8) is 0 Å². The fourth-order valence-corrected chi connectivity index (χ4v) is 6.12. The maximum Gasteiger partial charge on any atom is 0.238 e. The Morgan fingerprint density at radius 1 is 1.32 bits per heavy atom. The molecule has 2 aliphatic rings. The van der Waals surface area contributed by atoms with Gasteiger partial charge in [0.1, 0.15) is 0 Å². The largest absolute Gasteiger partial charge is 0.371 e. The number of primary sulfonamides is 1. The van der Waals surface area contributed by atoms with E-state index in [4.69, 9.17) is 5.14 Å². The van der Waals surface area contributed by atoms with Crippen LogP contribution in [0, 0.1) is 5.92 Å². The third kappa shape index (κ3) is 3.13. The molecule has 1 unspecified atom stereocenters. The van der Waals surface area contributed by atoms with Crippen LogP contribution in [0.5, 0.6) is 0 Å². The number of hydrogen-bond acceptors (Lipinski definition) is 5. The number of sulfonamides is 1. The highest BCUT2D eigenvalue weighted by atomic mass is 32.2. The lowest BCUT2D eigenvalue weighted by Crippen LogP contribution is -2.35. The first-order valence-electron chi connectivity index (χ1n) is 7.36. The van der Waals surface area contributed by atoms with Crippen molar-refractivity contribution in [2.75, 3.05) is 29.5 Å². The highest BCUT2D eigenvalue weighted by molar-refractivity contribution is 7.91. The second-order valence-corrected chi connectivity index (χ2v) is 9.88. The number of benzene rings is 1. The first-order chi connectivity index (χ1) is 10.3. The first-order valence-corrected chi connectivity index (χ1v) is 10.7. The van der Waals surface area contributed by atoms with Crippen LogP contribution >= 0.6 is 0 Å². The quantitative estimate of drug-likeness (QED) is 0.862. The Labute approximate surface area is 131 Å². The second-order valence-electron chi connectivity index (χ2n) is 6.12. The molecule has 0 radical (unpaired) electrons. The molecule has 2 aliphatic heterocycles. The topological polar surface area (TPSA) is 97.5 Å². The van der Waals surface area contributed by atoms with Crippen molar-refractivity contribution in [2.24, 2.45) is 11.1 Å². The van der Waals surface area contributed by atoms with Crippen LogP contribution in [0.15, 0.2) is 23.1 Å². The Bertz CT molecular complexity index is 787. The third-order valence-electron chi connectivity index (χ3n) is 4.42. The van der Waals surface area contributed by atoms with Gasteiger partial charge in [-0.3, -0.25) is 0 Å². The number of anilines is 1. The van der Waals surface area contributed by atoms with Crippen LogP contribution in [0.3, 0.4) is 0 Å². The Kier molecular flexibility index (Phi) is 3.94. The Balaban J connectivity index is 1.89. The van der Waals surface area contributed by atoms with Gasteiger partial charge in [0.2, 0.25) is 10.0 Å². The van der Waals surface area contributed by atoms with E-state index in [-0.39, 0.29) is 22.3 Å². The lowest BCUT2D eigenvalue weighted by atomic mass is 9.99. The van der Waals surface area contributed by atoms with Gasteiger partial charge in [-0.2, -0.15) is 0 Å². The molecule has 1 atom stereocenters. The standard InChI is InChI=1S/C14H20N2O4S2/c15-22(19,20)14-5-1-4-13-12(14)3-2-7-16(13)9-11-6-8-21(17,18)10-11/h1,4-5,11H,2-3,6-10H2,(H2,15,19,20). The fraction of sp³-hybridized carbons (Fsp3) is 0.571. The van der Waals surface area contributed by atoms with Gasteiger partial charge in [0, 0.05) is 18.8 Å². The molecule has 0 aliphatic carbocycles. The highest BCUT2D eigenvalue weighted by Gasteiger charge is 2.31. The minimum Gasteiger partial charge on any atom is -0.371 e. The van der Waals surface area contributed by atoms with E-state index in [1.54, 1.807) is 6.07 Å². The van der Waals surface area contributed by atoms with Crippen molar-refractivity contribution >= 4 is 25.5 Å². The fourth-order valence-electron chi connectivity index (χ4n) is 3.45. The normalized spacial score (nSPS) is 24.2. The lowest BCUT2D eigenvalue weighted by molar-refractivity contribution is 0.548. The summed E-state index contributed by atoms with van der Waals surface area (Å²) >= 11 is 0. The zero-order valence-electron chi connectivity index (χ0n) is 12.2. The average molecular weight is 344 g/mol. The van der Waals surface area contributed by atoms with Crippen LogP contribution in [0.25, 0.3) is 0 Å². The summed E-state index contributed by atoms with van der Waals surface area (Å²) in [4.78, 5) is 2.30. The van der Waals surface area contributed by atoms with Gasteiger partial charge in [-0.05, 0) is 42.9 Å². The van der Waals surface area contributed by atoms with Crippen molar-refractivity contribution in [1.29, 1.82) is 0 Å². The van der Waals surface area contributed by atoms with E-state index in [0.29, 0.717) is 19.4 Å². The molecular weight excluding hydrogens is 324 g/mol. The van der Waals surface area contributed by atoms with Crippen molar-refractivity contribution in [1.82, 2.24) is 0 Å². The predicted octanol–water partition coefficient (Wildman–Crippen LogP) is 0.521. The van der Waals surface area contributed by atoms with Crippen LogP contribution in [-0.4, -0.2) is 41.4 Å². The monoisotopic (exact) mass is 344 g/mol. The van der Waals surface area contributed by atoms with Gasteiger partial charge in [-0.25, -0.2) is 22.0 Å². The van der Waals surface area contributed by atoms with Gasteiger partial charge in [0.25, 0.3) is 0 Å². The summed E-state index contributed by atoms with van der Waals surface area (Å²) < 4.78 is 46.6. The maximum absolute atomic E-state index is 11.7. The smallest absolute Gasteiger partial charge is 0.238 e.